The molecular weight excluding hydrogens is 256 g/mol. The molecule has 110 valence electrons. The molecular formula is C12H20O7. The van der Waals surface area contributed by atoms with E-state index in [4.69, 9.17) is 35.7 Å². The van der Waals surface area contributed by atoms with Crippen molar-refractivity contribution in [3.63, 3.8) is 0 Å². The maximum absolute atomic E-state index is 8.96. The minimum Gasteiger partial charge on any atom is -0.508 e. The summed E-state index contributed by atoms with van der Waals surface area (Å²) in [5.41, 5.74) is 0. The highest BCUT2D eigenvalue weighted by Gasteiger charge is 2.29. The first kappa shape index (κ1) is 17.8. The Bertz CT molecular complexity index is 305. The van der Waals surface area contributed by atoms with Crippen LogP contribution in [0.5, 0.6) is 5.75 Å². The summed E-state index contributed by atoms with van der Waals surface area (Å²) in [6.45, 7) is -1.45. The van der Waals surface area contributed by atoms with Gasteiger partial charge in [0, 0.05) is 0 Å². The van der Waals surface area contributed by atoms with Gasteiger partial charge in [0.2, 0.25) is 0 Å². The smallest absolute Gasteiger partial charge is 0.115 e. The van der Waals surface area contributed by atoms with Gasteiger partial charge in [-0.2, -0.15) is 0 Å². The zero-order valence-corrected chi connectivity index (χ0v) is 10.2. The lowest BCUT2D eigenvalue weighted by atomic mass is 10.0. The van der Waals surface area contributed by atoms with E-state index in [1.165, 1.54) is 0 Å². The van der Waals surface area contributed by atoms with Crippen molar-refractivity contribution < 1.29 is 35.7 Å². The van der Waals surface area contributed by atoms with Crippen molar-refractivity contribution in [3.8, 4) is 5.75 Å². The zero-order chi connectivity index (χ0) is 14.8. The standard InChI is InChI=1S/C6H14O6.C6H6O/c7-1-3(9)5(11)6(12)4(10)2-8;7-6-4-2-1-3-5-6/h3-12H,1-2H2;1-5,7H. The molecule has 7 nitrogen and oxygen atoms in total. The van der Waals surface area contributed by atoms with Crippen molar-refractivity contribution in [2.75, 3.05) is 13.2 Å². The predicted octanol–water partition coefficient (Wildman–Crippen LogP) is -2.19. The molecule has 0 aliphatic heterocycles. The summed E-state index contributed by atoms with van der Waals surface area (Å²) in [5, 5.41) is 60.8. The molecule has 4 atom stereocenters. The number of para-hydroxylation sites is 1. The molecule has 0 aliphatic carbocycles. The second-order valence-electron chi connectivity index (χ2n) is 3.82. The first-order valence-corrected chi connectivity index (χ1v) is 5.62. The number of rotatable bonds is 5. The van der Waals surface area contributed by atoms with E-state index in [1.807, 2.05) is 6.07 Å². The van der Waals surface area contributed by atoms with E-state index >= 15 is 0 Å². The van der Waals surface area contributed by atoms with Crippen LogP contribution in [0, 0.1) is 0 Å². The van der Waals surface area contributed by atoms with Crippen molar-refractivity contribution in [2.45, 2.75) is 24.4 Å². The van der Waals surface area contributed by atoms with Gasteiger partial charge in [-0.05, 0) is 12.1 Å². The number of benzene rings is 1. The molecule has 0 bridgehead atoms. The molecule has 0 saturated heterocycles. The molecule has 4 unspecified atom stereocenters. The van der Waals surface area contributed by atoms with Crippen LogP contribution in [0.25, 0.3) is 0 Å². The second kappa shape index (κ2) is 9.68. The summed E-state index contributed by atoms with van der Waals surface area (Å²) < 4.78 is 0. The second-order valence-corrected chi connectivity index (χ2v) is 3.82. The largest absolute Gasteiger partial charge is 0.508 e. The van der Waals surface area contributed by atoms with Crippen LogP contribution in [0.1, 0.15) is 0 Å². The van der Waals surface area contributed by atoms with Gasteiger partial charge in [-0.3, -0.25) is 0 Å². The molecule has 0 aliphatic rings. The number of hydrogen-bond acceptors (Lipinski definition) is 7. The molecule has 0 radical (unpaired) electrons. The Balaban J connectivity index is 0.000000388. The van der Waals surface area contributed by atoms with E-state index in [0.717, 1.165) is 0 Å². The molecule has 7 N–H and O–H groups in total. The summed E-state index contributed by atoms with van der Waals surface area (Å²) in [4.78, 5) is 0. The summed E-state index contributed by atoms with van der Waals surface area (Å²) in [5.74, 6) is 0.322. The highest BCUT2D eigenvalue weighted by molar-refractivity contribution is 5.18. The first-order valence-electron chi connectivity index (χ1n) is 5.62. The van der Waals surface area contributed by atoms with Crippen LogP contribution in [-0.2, 0) is 0 Å². The van der Waals surface area contributed by atoms with Crippen molar-refractivity contribution in [1.82, 2.24) is 0 Å². The van der Waals surface area contributed by atoms with Crippen molar-refractivity contribution in [2.24, 2.45) is 0 Å². The van der Waals surface area contributed by atoms with E-state index in [9.17, 15) is 0 Å². The Hall–Kier alpha value is -1.22. The number of phenols is 1. The molecule has 0 amide bonds. The van der Waals surface area contributed by atoms with Gasteiger partial charge in [0.1, 0.15) is 30.2 Å². The molecule has 7 heteroatoms. The zero-order valence-electron chi connectivity index (χ0n) is 10.2. The third-order valence-corrected chi connectivity index (χ3v) is 2.27. The first-order chi connectivity index (χ1) is 8.93. The molecule has 1 aromatic carbocycles. The molecule has 1 aromatic rings. The van der Waals surface area contributed by atoms with Crippen molar-refractivity contribution in [1.29, 1.82) is 0 Å². The number of hydrogen-bond donors (Lipinski definition) is 7. The summed E-state index contributed by atoms with van der Waals surface area (Å²) in [6.07, 6.45) is -6.39. The monoisotopic (exact) mass is 276 g/mol. The van der Waals surface area contributed by atoms with Crippen molar-refractivity contribution >= 4 is 0 Å². The Morgan fingerprint density at radius 2 is 1.11 bits per heavy atom. The Morgan fingerprint density at radius 3 is 1.32 bits per heavy atom. The Labute approximate surface area is 110 Å². The average Bonchev–Trinajstić information content (AvgIpc) is 2.45. The molecule has 0 fully saturated rings. The summed E-state index contributed by atoms with van der Waals surface area (Å²) in [6, 6.07) is 8.71. The lowest BCUT2D eigenvalue weighted by Crippen LogP contribution is -2.46. The molecule has 0 heterocycles. The minimum atomic E-state index is -1.67. The third kappa shape index (κ3) is 7.06. The van der Waals surface area contributed by atoms with Gasteiger partial charge in [-0.1, -0.05) is 18.2 Å². The lowest BCUT2D eigenvalue weighted by Gasteiger charge is -2.24. The van der Waals surface area contributed by atoms with E-state index in [-0.39, 0.29) is 0 Å². The predicted molar refractivity (Wildman–Crippen MR) is 66.3 cm³/mol. The third-order valence-electron chi connectivity index (χ3n) is 2.27. The van der Waals surface area contributed by atoms with Crippen LogP contribution in [0.15, 0.2) is 30.3 Å². The normalized spacial score (nSPS) is 16.7. The Morgan fingerprint density at radius 1 is 0.737 bits per heavy atom. The number of phenolic OH excluding ortho intramolecular Hbond substituents is 1. The topological polar surface area (TPSA) is 142 Å². The molecule has 0 spiro atoms. The van der Waals surface area contributed by atoms with Crippen LogP contribution < -0.4 is 0 Å². The quantitative estimate of drug-likeness (QED) is 0.324. The fraction of sp³-hybridized carbons (Fsp3) is 0.500. The number of aromatic hydroxyl groups is 1. The summed E-state index contributed by atoms with van der Waals surface area (Å²) >= 11 is 0. The SMILES string of the molecule is OCC(O)C(O)C(O)C(O)CO.Oc1ccccc1. The van der Waals surface area contributed by atoms with Gasteiger partial charge in [-0.15, -0.1) is 0 Å². The van der Waals surface area contributed by atoms with Gasteiger partial charge in [0.15, 0.2) is 0 Å². The molecule has 0 aromatic heterocycles. The summed E-state index contributed by atoms with van der Waals surface area (Å²) in [7, 11) is 0. The minimum absolute atomic E-state index is 0.322. The van der Waals surface area contributed by atoms with E-state index in [2.05, 4.69) is 0 Å². The number of aliphatic hydroxyl groups excluding tert-OH is 6. The highest BCUT2D eigenvalue weighted by atomic mass is 16.4. The highest BCUT2D eigenvalue weighted by Crippen LogP contribution is 2.04. The van der Waals surface area contributed by atoms with Gasteiger partial charge >= 0.3 is 0 Å². The maximum Gasteiger partial charge on any atom is 0.115 e. The molecule has 0 saturated carbocycles. The van der Waals surface area contributed by atoms with Gasteiger partial charge < -0.3 is 35.7 Å². The maximum atomic E-state index is 8.96. The van der Waals surface area contributed by atoms with E-state index in [1.54, 1.807) is 24.3 Å². The van der Waals surface area contributed by atoms with Crippen LogP contribution >= 0.6 is 0 Å². The van der Waals surface area contributed by atoms with E-state index in [0.29, 0.717) is 5.75 Å². The van der Waals surface area contributed by atoms with Crippen LogP contribution in [0.2, 0.25) is 0 Å². The molecule has 1 rings (SSSR count). The molecule has 19 heavy (non-hydrogen) atoms. The van der Waals surface area contributed by atoms with Gasteiger partial charge in [0.25, 0.3) is 0 Å². The fourth-order valence-corrected chi connectivity index (χ4v) is 1.10. The Kier molecular flexibility index (Phi) is 9.06. The van der Waals surface area contributed by atoms with Gasteiger partial charge in [-0.25, -0.2) is 0 Å². The number of aliphatic hydroxyl groups is 6. The van der Waals surface area contributed by atoms with E-state index < -0.39 is 37.6 Å². The average molecular weight is 276 g/mol. The van der Waals surface area contributed by atoms with Crippen LogP contribution in [0.3, 0.4) is 0 Å². The lowest BCUT2D eigenvalue weighted by molar-refractivity contribution is -0.123. The van der Waals surface area contributed by atoms with Gasteiger partial charge in [0.05, 0.1) is 13.2 Å². The fourth-order valence-electron chi connectivity index (χ4n) is 1.10. The van der Waals surface area contributed by atoms with Crippen molar-refractivity contribution in [3.05, 3.63) is 30.3 Å². The van der Waals surface area contributed by atoms with Crippen LogP contribution in [0.4, 0.5) is 0 Å². The van der Waals surface area contributed by atoms with Crippen LogP contribution in [-0.4, -0.2) is 73.4 Å².